The Bertz CT molecular complexity index is 629. The second-order valence-electron chi connectivity index (χ2n) is 4.84. The van der Waals surface area contributed by atoms with Crippen molar-refractivity contribution in [1.29, 1.82) is 0 Å². The Balaban J connectivity index is 2.35. The molecule has 2 rings (SSSR count). The van der Waals surface area contributed by atoms with Crippen LogP contribution in [0.1, 0.15) is 26.5 Å². The standard InChI is InChI=1S/C16H17NO4/c1-11(18)17-16(3,21-12(2)19)15-10-9-14(20-15)13-7-5-4-6-8-13/h4-10H,1-3H3,(H,17,18). The van der Waals surface area contributed by atoms with Crippen molar-refractivity contribution in [3.05, 3.63) is 48.2 Å². The van der Waals surface area contributed by atoms with Gasteiger partial charge in [-0.3, -0.25) is 9.59 Å². The van der Waals surface area contributed by atoms with Gasteiger partial charge in [0.25, 0.3) is 0 Å². The Morgan fingerprint density at radius 3 is 2.33 bits per heavy atom. The van der Waals surface area contributed by atoms with E-state index < -0.39 is 11.7 Å². The number of hydrogen-bond acceptors (Lipinski definition) is 4. The van der Waals surface area contributed by atoms with Gasteiger partial charge in [0.05, 0.1) is 0 Å². The first-order valence-electron chi connectivity index (χ1n) is 6.55. The van der Waals surface area contributed by atoms with Crippen LogP contribution in [0.4, 0.5) is 0 Å². The molecule has 1 aromatic carbocycles. The molecular weight excluding hydrogens is 270 g/mol. The number of amides is 1. The molecule has 0 bridgehead atoms. The molecule has 1 aromatic heterocycles. The van der Waals surface area contributed by atoms with Crippen LogP contribution in [0.25, 0.3) is 11.3 Å². The SMILES string of the molecule is CC(=O)NC(C)(OC(C)=O)c1ccc(-c2ccccc2)o1. The van der Waals surface area contributed by atoms with E-state index in [4.69, 9.17) is 9.15 Å². The molecule has 0 radical (unpaired) electrons. The van der Waals surface area contributed by atoms with E-state index >= 15 is 0 Å². The quantitative estimate of drug-likeness (QED) is 0.693. The molecule has 0 aliphatic rings. The van der Waals surface area contributed by atoms with E-state index in [1.165, 1.54) is 13.8 Å². The maximum atomic E-state index is 11.3. The molecule has 1 amide bonds. The Morgan fingerprint density at radius 2 is 1.76 bits per heavy atom. The Labute approximate surface area is 122 Å². The summed E-state index contributed by atoms with van der Waals surface area (Å²) in [4.78, 5) is 22.6. The van der Waals surface area contributed by atoms with Crippen molar-refractivity contribution in [2.75, 3.05) is 0 Å². The maximum absolute atomic E-state index is 11.3. The van der Waals surface area contributed by atoms with E-state index in [0.717, 1.165) is 5.56 Å². The minimum absolute atomic E-state index is 0.323. The number of nitrogens with one attached hydrogen (secondary N) is 1. The number of hydrogen-bond donors (Lipinski definition) is 1. The molecule has 1 heterocycles. The van der Waals surface area contributed by atoms with Crippen molar-refractivity contribution in [1.82, 2.24) is 5.32 Å². The van der Waals surface area contributed by atoms with Gasteiger partial charge >= 0.3 is 5.97 Å². The zero-order chi connectivity index (χ0) is 15.5. The minimum Gasteiger partial charge on any atom is -0.455 e. The van der Waals surface area contributed by atoms with Gasteiger partial charge in [0.1, 0.15) is 5.76 Å². The van der Waals surface area contributed by atoms with Crippen LogP contribution in [0.2, 0.25) is 0 Å². The summed E-state index contributed by atoms with van der Waals surface area (Å²) in [7, 11) is 0. The molecule has 5 nitrogen and oxygen atoms in total. The number of carbonyl (C=O) groups excluding carboxylic acids is 2. The lowest BCUT2D eigenvalue weighted by Crippen LogP contribution is -2.45. The highest BCUT2D eigenvalue weighted by Gasteiger charge is 2.34. The van der Waals surface area contributed by atoms with Gasteiger partial charge in [0.2, 0.25) is 11.6 Å². The number of carbonyl (C=O) groups is 2. The molecule has 1 N–H and O–H groups in total. The first-order valence-corrected chi connectivity index (χ1v) is 6.55. The predicted molar refractivity (Wildman–Crippen MR) is 77.1 cm³/mol. The normalized spacial score (nSPS) is 13.3. The summed E-state index contributed by atoms with van der Waals surface area (Å²) in [5.74, 6) is 0.154. The monoisotopic (exact) mass is 287 g/mol. The average Bonchev–Trinajstić information content (AvgIpc) is 2.88. The average molecular weight is 287 g/mol. The van der Waals surface area contributed by atoms with Gasteiger partial charge in [-0.05, 0) is 12.1 Å². The fourth-order valence-corrected chi connectivity index (χ4v) is 2.11. The molecule has 0 aliphatic heterocycles. The van der Waals surface area contributed by atoms with Crippen LogP contribution in [0.5, 0.6) is 0 Å². The molecule has 0 saturated heterocycles. The minimum atomic E-state index is -1.33. The highest BCUT2D eigenvalue weighted by atomic mass is 16.6. The Hall–Kier alpha value is -2.56. The van der Waals surface area contributed by atoms with Crippen LogP contribution in [0, 0.1) is 0 Å². The Morgan fingerprint density at radius 1 is 1.10 bits per heavy atom. The number of furan rings is 1. The Kier molecular flexibility index (Phi) is 4.12. The van der Waals surface area contributed by atoms with Gasteiger partial charge in [-0.25, -0.2) is 0 Å². The van der Waals surface area contributed by atoms with Crippen molar-refractivity contribution in [2.24, 2.45) is 0 Å². The number of esters is 1. The molecule has 0 fully saturated rings. The summed E-state index contributed by atoms with van der Waals surface area (Å²) in [6.45, 7) is 4.20. The lowest BCUT2D eigenvalue weighted by atomic mass is 10.1. The zero-order valence-corrected chi connectivity index (χ0v) is 12.2. The van der Waals surface area contributed by atoms with Gasteiger partial charge in [-0.2, -0.15) is 0 Å². The van der Waals surface area contributed by atoms with Crippen molar-refractivity contribution >= 4 is 11.9 Å². The van der Waals surface area contributed by atoms with Gasteiger partial charge in [0.15, 0.2) is 5.76 Å². The highest BCUT2D eigenvalue weighted by Crippen LogP contribution is 2.29. The lowest BCUT2D eigenvalue weighted by molar-refractivity contribution is -0.164. The van der Waals surface area contributed by atoms with Gasteiger partial charge in [0, 0.05) is 26.3 Å². The second kappa shape index (κ2) is 5.83. The number of ether oxygens (including phenoxy) is 1. The van der Waals surface area contributed by atoms with Gasteiger partial charge in [-0.1, -0.05) is 30.3 Å². The third-order valence-corrected chi connectivity index (χ3v) is 2.90. The van der Waals surface area contributed by atoms with Crippen LogP contribution >= 0.6 is 0 Å². The van der Waals surface area contributed by atoms with Crippen molar-refractivity contribution in [2.45, 2.75) is 26.5 Å². The fraction of sp³-hybridized carbons (Fsp3) is 0.250. The topological polar surface area (TPSA) is 68.5 Å². The van der Waals surface area contributed by atoms with Crippen LogP contribution in [0.3, 0.4) is 0 Å². The van der Waals surface area contributed by atoms with Crippen molar-refractivity contribution in [3.8, 4) is 11.3 Å². The molecule has 2 aromatic rings. The molecule has 110 valence electrons. The molecule has 0 spiro atoms. The smallest absolute Gasteiger partial charge is 0.305 e. The summed E-state index contributed by atoms with van der Waals surface area (Å²) in [5, 5.41) is 2.59. The molecule has 1 unspecified atom stereocenters. The fourth-order valence-electron chi connectivity index (χ4n) is 2.11. The lowest BCUT2D eigenvalue weighted by Gasteiger charge is -2.27. The summed E-state index contributed by atoms with van der Waals surface area (Å²) in [5.41, 5.74) is -0.429. The van der Waals surface area contributed by atoms with Crippen molar-refractivity contribution in [3.63, 3.8) is 0 Å². The van der Waals surface area contributed by atoms with E-state index in [-0.39, 0.29) is 5.91 Å². The molecular formula is C16H17NO4. The zero-order valence-electron chi connectivity index (χ0n) is 12.2. The largest absolute Gasteiger partial charge is 0.455 e. The van der Waals surface area contributed by atoms with E-state index in [1.54, 1.807) is 19.1 Å². The molecule has 21 heavy (non-hydrogen) atoms. The summed E-state index contributed by atoms with van der Waals surface area (Å²) in [6.07, 6.45) is 0. The number of benzene rings is 1. The predicted octanol–water partition coefficient (Wildman–Crippen LogP) is 2.82. The molecule has 0 aliphatic carbocycles. The summed E-state index contributed by atoms with van der Waals surface area (Å²) in [6, 6.07) is 13.0. The van der Waals surface area contributed by atoms with Crippen LogP contribution in [-0.4, -0.2) is 11.9 Å². The van der Waals surface area contributed by atoms with E-state index in [1.807, 2.05) is 30.3 Å². The maximum Gasteiger partial charge on any atom is 0.305 e. The van der Waals surface area contributed by atoms with Crippen LogP contribution in [-0.2, 0) is 20.1 Å². The molecule has 1 atom stereocenters. The third kappa shape index (κ3) is 3.51. The first-order chi connectivity index (χ1) is 9.90. The van der Waals surface area contributed by atoms with Gasteiger partial charge < -0.3 is 14.5 Å². The second-order valence-corrected chi connectivity index (χ2v) is 4.84. The number of rotatable bonds is 4. The first kappa shape index (κ1) is 14.8. The van der Waals surface area contributed by atoms with E-state index in [0.29, 0.717) is 11.5 Å². The van der Waals surface area contributed by atoms with Crippen LogP contribution in [0.15, 0.2) is 46.9 Å². The third-order valence-electron chi connectivity index (χ3n) is 2.90. The van der Waals surface area contributed by atoms with E-state index in [2.05, 4.69) is 5.32 Å². The van der Waals surface area contributed by atoms with E-state index in [9.17, 15) is 9.59 Å². The highest BCUT2D eigenvalue weighted by molar-refractivity contribution is 5.74. The summed E-state index contributed by atoms with van der Waals surface area (Å²) < 4.78 is 11.0. The summed E-state index contributed by atoms with van der Waals surface area (Å²) >= 11 is 0. The van der Waals surface area contributed by atoms with Gasteiger partial charge in [-0.15, -0.1) is 0 Å². The molecule has 0 saturated carbocycles. The van der Waals surface area contributed by atoms with Crippen molar-refractivity contribution < 1.29 is 18.7 Å². The van der Waals surface area contributed by atoms with Crippen LogP contribution < -0.4 is 5.32 Å². The molecule has 5 heteroatoms.